The number of anilines is 1. The molecule has 0 fully saturated rings. The highest BCUT2D eigenvalue weighted by Crippen LogP contribution is 2.25. The number of pyridine rings is 1. The van der Waals surface area contributed by atoms with E-state index in [0.29, 0.717) is 17.1 Å². The lowest BCUT2D eigenvalue weighted by Crippen LogP contribution is -1.96. The van der Waals surface area contributed by atoms with Crippen LogP contribution in [0.1, 0.15) is 0 Å². The highest BCUT2D eigenvalue weighted by Gasteiger charge is 2.10. The van der Waals surface area contributed by atoms with Gasteiger partial charge in [0.2, 0.25) is 0 Å². The van der Waals surface area contributed by atoms with E-state index in [1.165, 1.54) is 16.8 Å². The van der Waals surface area contributed by atoms with Gasteiger partial charge in [-0.2, -0.15) is 5.10 Å². The van der Waals surface area contributed by atoms with Crippen molar-refractivity contribution in [3.63, 3.8) is 0 Å². The fourth-order valence-electron chi connectivity index (χ4n) is 1.87. The van der Waals surface area contributed by atoms with Gasteiger partial charge in [-0.15, -0.1) is 0 Å². The summed E-state index contributed by atoms with van der Waals surface area (Å²) < 4.78 is 15.0. The van der Waals surface area contributed by atoms with E-state index in [2.05, 4.69) is 10.1 Å². The number of halogens is 2. The van der Waals surface area contributed by atoms with Gasteiger partial charge in [-0.3, -0.25) is 4.98 Å². The lowest BCUT2D eigenvalue weighted by molar-refractivity contribution is 0.626. The van der Waals surface area contributed by atoms with Gasteiger partial charge in [-0.25, -0.2) is 9.07 Å². The minimum Gasteiger partial charge on any atom is -0.396 e. The maximum atomic E-state index is 13.5. The molecule has 0 bridgehead atoms. The van der Waals surface area contributed by atoms with Gasteiger partial charge in [-0.1, -0.05) is 11.6 Å². The standard InChI is InChI=1S/C14H10ClFN4/c15-11-4-3-10(6-12(11)16)20-8-13(17)14(19-20)9-2-1-5-18-7-9/h1-8H,17H2. The zero-order valence-electron chi connectivity index (χ0n) is 10.3. The molecule has 0 radical (unpaired) electrons. The molecule has 0 spiro atoms. The van der Waals surface area contributed by atoms with Crippen LogP contribution in [-0.4, -0.2) is 14.8 Å². The van der Waals surface area contributed by atoms with E-state index in [1.807, 2.05) is 6.07 Å². The maximum Gasteiger partial charge on any atom is 0.143 e. The Morgan fingerprint density at radius 1 is 1.25 bits per heavy atom. The van der Waals surface area contributed by atoms with Crippen LogP contribution >= 0.6 is 11.6 Å². The van der Waals surface area contributed by atoms with E-state index in [4.69, 9.17) is 17.3 Å². The summed E-state index contributed by atoms with van der Waals surface area (Å²) in [5.74, 6) is -0.499. The van der Waals surface area contributed by atoms with Crippen LogP contribution in [0.5, 0.6) is 0 Å². The SMILES string of the molecule is Nc1cn(-c2ccc(Cl)c(F)c2)nc1-c1cccnc1. The minimum absolute atomic E-state index is 0.0707. The van der Waals surface area contributed by atoms with Crippen molar-refractivity contribution in [2.75, 3.05) is 5.73 Å². The lowest BCUT2D eigenvalue weighted by atomic mass is 10.2. The van der Waals surface area contributed by atoms with Crippen molar-refractivity contribution in [1.82, 2.24) is 14.8 Å². The monoisotopic (exact) mass is 288 g/mol. The Balaban J connectivity index is 2.06. The molecular formula is C14H10ClFN4. The van der Waals surface area contributed by atoms with Crippen LogP contribution in [0.15, 0.2) is 48.9 Å². The Morgan fingerprint density at radius 2 is 2.10 bits per heavy atom. The molecule has 3 aromatic rings. The molecule has 20 heavy (non-hydrogen) atoms. The third kappa shape index (κ3) is 2.23. The Kier molecular flexibility index (Phi) is 3.12. The van der Waals surface area contributed by atoms with Gasteiger partial charge in [-0.05, 0) is 24.3 Å². The molecule has 4 nitrogen and oxygen atoms in total. The average molecular weight is 289 g/mol. The molecule has 0 unspecified atom stereocenters. The van der Waals surface area contributed by atoms with Crippen molar-refractivity contribution in [3.05, 3.63) is 59.8 Å². The Labute approximate surface area is 119 Å². The summed E-state index contributed by atoms with van der Waals surface area (Å²) >= 11 is 5.66. The maximum absolute atomic E-state index is 13.5. The number of rotatable bonds is 2. The van der Waals surface area contributed by atoms with E-state index in [0.717, 1.165) is 5.56 Å². The van der Waals surface area contributed by atoms with Crippen molar-refractivity contribution < 1.29 is 4.39 Å². The number of nitrogens with two attached hydrogens (primary N) is 1. The van der Waals surface area contributed by atoms with Gasteiger partial charge >= 0.3 is 0 Å². The molecule has 0 aliphatic rings. The highest BCUT2D eigenvalue weighted by molar-refractivity contribution is 6.30. The van der Waals surface area contributed by atoms with Crippen molar-refractivity contribution in [2.45, 2.75) is 0 Å². The van der Waals surface area contributed by atoms with Crippen LogP contribution < -0.4 is 5.73 Å². The first-order valence-electron chi connectivity index (χ1n) is 5.86. The summed E-state index contributed by atoms with van der Waals surface area (Å²) in [6.45, 7) is 0. The molecule has 2 heterocycles. The first-order valence-corrected chi connectivity index (χ1v) is 6.24. The number of hydrogen-bond donors (Lipinski definition) is 1. The van der Waals surface area contributed by atoms with Gasteiger partial charge in [0.25, 0.3) is 0 Å². The zero-order valence-corrected chi connectivity index (χ0v) is 11.0. The summed E-state index contributed by atoms with van der Waals surface area (Å²) in [6.07, 6.45) is 4.97. The Hall–Kier alpha value is -2.40. The molecule has 2 aromatic heterocycles. The van der Waals surface area contributed by atoms with E-state index in [1.54, 1.807) is 30.7 Å². The van der Waals surface area contributed by atoms with E-state index < -0.39 is 5.82 Å². The second kappa shape index (κ2) is 4.94. The summed E-state index contributed by atoms with van der Waals surface area (Å²) in [6, 6.07) is 8.12. The summed E-state index contributed by atoms with van der Waals surface area (Å²) in [5.41, 5.74) is 8.40. The third-order valence-corrected chi connectivity index (χ3v) is 3.15. The minimum atomic E-state index is -0.499. The first kappa shape index (κ1) is 12.6. The van der Waals surface area contributed by atoms with Crippen LogP contribution in [0.2, 0.25) is 5.02 Å². The number of nitrogen functional groups attached to an aromatic ring is 1. The van der Waals surface area contributed by atoms with Gasteiger partial charge in [0.1, 0.15) is 11.5 Å². The predicted octanol–water partition coefficient (Wildman–Crippen LogP) is 3.31. The number of aromatic nitrogens is 3. The van der Waals surface area contributed by atoms with Crippen molar-refractivity contribution in [3.8, 4) is 16.9 Å². The van der Waals surface area contributed by atoms with Gasteiger partial charge in [0, 0.05) is 24.0 Å². The molecule has 0 amide bonds. The normalized spacial score (nSPS) is 10.7. The smallest absolute Gasteiger partial charge is 0.143 e. The largest absolute Gasteiger partial charge is 0.396 e. The summed E-state index contributed by atoms with van der Waals surface area (Å²) in [5, 5.41) is 4.43. The Morgan fingerprint density at radius 3 is 2.80 bits per heavy atom. The number of nitrogens with zero attached hydrogens (tertiary/aromatic N) is 3. The first-order chi connectivity index (χ1) is 9.65. The van der Waals surface area contributed by atoms with E-state index in [-0.39, 0.29) is 5.02 Å². The van der Waals surface area contributed by atoms with E-state index >= 15 is 0 Å². The fraction of sp³-hybridized carbons (Fsp3) is 0. The quantitative estimate of drug-likeness (QED) is 0.787. The molecule has 100 valence electrons. The second-order valence-electron chi connectivity index (χ2n) is 4.22. The fourth-order valence-corrected chi connectivity index (χ4v) is 1.99. The molecule has 0 saturated heterocycles. The molecule has 1 aromatic carbocycles. The zero-order chi connectivity index (χ0) is 14.1. The molecule has 6 heteroatoms. The molecule has 0 atom stereocenters. The molecule has 0 aliphatic heterocycles. The number of benzene rings is 1. The number of hydrogen-bond acceptors (Lipinski definition) is 3. The van der Waals surface area contributed by atoms with Gasteiger partial charge < -0.3 is 5.73 Å². The molecule has 3 rings (SSSR count). The molecular weight excluding hydrogens is 279 g/mol. The van der Waals surface area contributed by atoms with Crippen LogP contribution in [0.4, 0.5) is 10.1 Å². The molecule has 0 saturated carbocycles. The van der Waals surface area contributed by atoms with Crippen LogP contribution in [0, 0.1) is 5.82 Å². The highest BCUT2D eigenvalue weighted by atomic mass is 35.5. The van der Waals surface area contributed by atoms with Crippen LogP contribution in [0.25, 0.3) is 16.9 Å². The summed E-state index contributed by atoms with van der Waals surface area (Å²) in [7, 11) is 0. The van der Waals surface area contributed by atoms with Crippen LogP contribution in [0.3, 0.4) is 0 Å². The summed E-state index contributed by atoms with van der Waals surface area (Å²) in [4.78, 5) is 4.03. The van der Waals surface area contributed by atoms with Crippen molar-refractivity contribution in [2.24, 2.45) is 0 Å². The van der Waals surface area contributed by atoms with Gasteiger partial charge in [0.05, 0.1) is 22.6 Å². The van der Waals surface area contributed by atoms with Crippen molar-refractivity contribution in [1.29, 1.82) is 0 Å². The Bertz CT molecular complexity index is 755. The average Bonchev–Trinajstić information content (AvgIpc) is 2.85. The lowest BCUT2D eigenvalue weighted by Gasteiger charge is -2.02. The second-order valence-corrected chi connectivity index (χ2v) is 4.62. The topological polar surface area (TPSA) is 56.7 Å². The molecule has 2 N–H and O–H groups in total. The van der Waals surface area contributed by atoms with Gasteiger partial charge in [0.15, 0.2) is 0 Å². The van der Waals surface area contributed by atoms with Crippen LogP contribution in [-0.2, 0) is 0 Å². The van der Waals surface area contributed by atoms with E-state index in [9.17, 15) is 4.39 Å². The molecule has 0 aliphatic carbocycles. The van der Waals surface area contributed by atoms with Crippen molar-refractivity contribution >= 4 is 17.3 Å². The third-order valence-electron chi connectivity index (χ3n) is 2.85. The predicted molar refractivity (Wildman–Crippen MR) is 76.2 cm³/mol.